The maximum atomic E-state index is 13.9. The highest BCUT2D eigenvalue weighted by Crippen LogP contribution is 2.29. The molecule has 0 unspecified atom stereocenters. The van der Waals surface area contributed by atoms with Gasteiger partial charge in [0.1, 0.15) is 12.4 Å². The summed E-state index contributed by atoms with van der Waals surface area (Å²) in [5, 5.41) is 0.791. The van der Waals surface area contributed by atoms with E-state index in [1.54, 1.807) is 12.3 Å². The van der Waals surface area contributed by atoms with Crippen LogP contribution in [-0.4, -0.2) is 28.7 Å². The lowest BCUT2D eigenvalue weighted by Gasteiger charge is -2.09. The third kappa shape index (κ3) is 4.10. The number of pyridine rings is 1. The Morgan fingerprint density at radius 1 is 1.26 bits per heavy atom. The highest BCUT2D eigenvalue weighted by molar-refractivity contribution is 5.87. The van der Waals surface area contributed by atoms with E-state index in [1.165, 1.54) is 19.2 Å². The predicted molar refractivity (Wildman–Crippen MR) is 101 cm³/mol. The first kappa shape index (κ1) is 18.9. The molecule has 0 aliphatic heterocycles. The van der Waals surface area contributed by atoms with E-state index in [-0.39, 0.29) is 24.4 Å². The van der Waals surface area contributed by atoms with Gasteiger partial charge in [-0.2, -0.15) is 0 Å². The number of hydrogen-bond acceptors (Lipinski definition) is 4. The number of rotatable bonds is 6. The van der Waals surface area contributed by atoms with Crippen LogP contribution in [0.1, 0.15) is 30.7 Å². The zero-order valence-corrected chi connectivity index (χ0v) is 16.0. The largest absolute Gasteiger partial charge is 0.475 e. The van der Waals surface area contributed by atoms with Crippen molar-refractivity contribution in [2.45, 2.75) is 39.8 Å². The standard InChI is InChI=1S/C21H23FN2O3/c1-13(2)27-20-8-5-15(11-23-20)9-17-14(3)24(12-21(25)26-4)19-7-6-16(22)10-18(17)19/h5-8,10-11,13H,9,12H2,1-4H3. The van der Waals surface area contributed by atoms with E-state index in [9.17, 15) is 9.18 Å². The fourth-order valence-electron chi connectivity index (χ4n) is 3.18. The van der Waals surface area contributed by atoms with Gasteiger partial charge in [-0.3, -0.25) is 4.79 Å². The van der Waals surface area contributed by atoms with Crippen molar-refractivity contribution in [1.29, 1.82) is 0 Å². The van der Waals surface area contributed by atoms with Crippen molar-refractivity contribution in [1.82, 2.24) is 9.55 Å². The summed E-state index contributed by atoms with van der Waals surface area (Å²) in [6, 6.07) is 8.39. The molecular formula is C21H23FN2O3. The number of esters is 1. The third-order valence-corrected chi connectivity index (χ3v) is 4.47. The topological polar surface area (TPSA) is 53.4 Å². The number of carbonyl (C=O) groups is 1. The van der Waals surface area contributed by atoms with E-state index in [4.69, 9.17) is 9.47 Å². The summed E-state index contributed by atoms with van der Waals surface area (Å²) >= 11 is 0. The van der Waals surface area contributed by atoms with Crippen LogP contribution in [-0.2, 0) is 22.5 Å². The van der Waals surface area contributed by atoms with Crippen LogP contribution < -0.4 is 4.74 Å². The second-order valence-corrected chi connectivity index (χ2v) is 6.74. The number of carbonyl (C=O) groups excluding carboxylic acids is 1. The summed E-state index contributed by atoms with van der Waals surface area (Å²) in [6.07, 6.45) is 2.40. The van der Waals surface area contributed by atoms with Crippen molar-refractivity contribution in [3.8, 4) is 5.88 Å². The Morgan fingerprint density at radius 2 is 2.04 bits per heavy atom. The number of fused-ring (bicyclic) bond motifs is 1. The monoisotopic (exact) mass is 370 g/mol. The smallest absolute Gasteiger partial charge is 0.325 e. The van der Waals surface area contributed by atoms with Gasteiger partial charge in [-0.05, 0) is 50.1 Å². The molecule has 0 aliphatic rings. The maximum Gasteiger partial charge on any atom is 0.325 e. The van der Waals surface area contributed by atoms with E-state index in [0.29, 0.717) is 12.3 Å². The molecule has 0 N–H and O–H groups in total. The van der Waals surface area contributed by atoms with E-state index in [2.05, 4.69) is 4.98 Å². The Morgan fingerprint density at radius 3 is 2.67 bits per heavy atom. The molecule has 0 saturated heterocycles. The second kappa shape index (κ2) is 7.78. The average Bonchev–Trinajstić information content (AvgIpc) is 2.87. The van der Waals surface area contributed by atoms with Crippen molar-refractivity contribution < 1.29 is 18.7 Å². The Labute approximate surface area is 157 Å². The molecule has 0 saturated carbocycles. The van der Waals surface area contributed by atoms with Gasteiger partial charge in [-0.25, -0.2) is 9.37 Å². The molecule has 3 rings (SSSR count). The number of ether oxygens (including phenoxy) is 2. The molecule has 6 heteroatoms. The Kier molecular flexibility index (Phi) is 5.44. The number of aromatic nitrogens is 2. The van der Waals surface area contributed by atoms with Crippen molar-refractivity contribution >= 4 is 16.9 Å². The fourth-order valence-corrected chi connectivity index (χ4v) is 3.18. The molecule has 1 aromatic carbocycles. The maximum absolute atomic E-state index is 13.9. The number of nitrogens with zero attached hydrogens (tertiary/aromatic N) is 2. The van der Waals surface area contributed by atoms with E-state index in [0.717, 1.165) is 27.7 Å². The minimum absolute atomic E-state index is 0.0601. The molecule has 0 amide bonds. The van der Waals surface area contributed by atoms with Gasteiger partial charge in [0.15, 0.2) is 0 Å². The van der Waals surface area contributed by atoms with Gasteiger partial charge in [0.25, 0.3) is 0 Å². The van der Waals surface area contributed by atoms with Crippen LogP contribution >= 0.6 is 0 Å². The van der Waals surface area contributed by atoms with Gasteiger partial charge < -0.3 is 14.0 Å². The molecule has 2 aromatic heterocycles. The first-order valence-electron chi connectivity index (χ1n) is 8.84. The van der Waals surface area contributed by atoms with E-state index < -0.39 is 0 Å². The first-order valence-corrected chi connectivity index (χ1v) is 8.84. The van der Waals surface area contributed by atoms with Gasteiger partial charge in [-0.15, -0.1) is 0 Å². The molecule has 0 bridgehead atoms. The fraction of sp³-hybridized carbons (Fsp3) is 0.333. The Balaban J connectivity index is 1.99. The van der Waals surface area contributed by atoms with Crippen LogP contribution in [0.4, 0.5) is 4.39 Å². The van der Waals surface area contributed by atoms with Gasteiger partial charge >= 0.3 is 5.97 Å². The molecule has 2 heterocycles. The van der Waals surface area contributed by atoms with Crippen molar-refractivity contribution in [3.63, 3.8) is 0 Å². The molecular weight excluding hydrogens is 347 g/mol. The molecule has 0 fully saturated rings. The zero-order chi connectivity index (χ0) is 19.6. The summed E-state index contributed by atoms with van der Waals surface area (Å²) in [6.45, 7) is 5.91. The van der Waals surface area contributed by atoms with Gasteiger partial charge in [0, 0.05) is 35.3 Å². The van der Waals surface area contributed by atoms with Crippen LogP contribution in [0.15, 0.2) is 36.5 Å². The average molecular weight is 370 g/mol. The molecule has 0 aliphatic carbocycles. The molecule has 5 nitrogen and oxygen atoms in total. The Hall–Kier alpha value is -2.89. The predicted octanol–water partition coefficient (Wildman–Crippen LogP) is 4.03. The SMILES string of the molecule is COC(=O)Cn1c(C)c(Cc2ccc(OC(C)C)nc2)c2cc(F)ccc21. The lowest BCUT2D eigenvalue weighted by Crippen LogP contribution is -2.12. The Bertz CT molecular complexity index is 962. The minimum atomic E-state index is -0.345. The highest BCUT2D eigenvalue weighted by Gasteiger charge is 2.17. The van der Waals surface area contributed by atoms with E-state index >= 15 is 0 Å². The summed E-state index contributed by atoms with van der Waals surface area (Å²) in [4.78, 5) is 16.1. The first-order chi connectivity index (χ1) is 12.9. The van der Waals surface area contributed by atoms with Crippen LogP contribution in [0.2, 0.25) is 0 Å². The van der Waals surface area contributed by atoms with Crippen molar-refractivity contribution in [2.24, 2.45) is 0 Å². The van der Waals surface area contributed by atoms with Crippen LogP contribution in [0.3, 0.4) is 0 Å². The molecule has 0 spiro atoms. The van der Waals surface area contributed by atoms with Gasteiger partial charge in [0.2, 0.25) is 5.88 Å². The zero-order valence-electron chi connectivity index (χ0n) is 16.0. The molecule has 0 atom stereocenters. The summed E-state index contributed by atoms with van der Waals surface area (Å²) in [7, 11) is 1.36. The minimum Gasteiger partial charge on any atom is -0.475 e. The number of benzene rings is 1. The molecule has 0 radical (unpaired) electrons. The molecule has 142 valence electrons. The summed E-state index contributed by atoms with van der Waals surface area (Å²) in [5.41, 5.74) is 3.66. The van der Waals surface area contributed by atoms with E-state index in [1.807, 2.05) is 37.5 Å². The molecule has 3 aromatic rings. The number of hydrogen-bond donors (Lipinski definition) is 0. The lowest BCUT2D eigenvalue weighted by atomic mass is 10.0. The quantitative estimate of drug-likeness (QED) is 0.615. The number of halogens is 1. The normalized spacial score (nSPS) is 11.2. The van der Waals surface area contributed by atoms with Crippen LogP contribution in [0.25, 0.3) is 10.9 Å². The number of methoxy groups -OCH3 is 1. The van der Waals surface area contributed by atoms with Crippen LogP contribution in [0, 0.1) is 12.7 Å². The lowest BCUT2D eigenvalue weighted by molar-refractivity contribution is -0.141. The van der Waals surface area contributed by atoms with Gasteiger partial charge in [-0.1, -0.05) is 6.07 Å². The third-order valence-electron chi connectivity index (χ3n) is 4.47. The summed E-state index contributed by atoms with van der Waals surface area (Å²) < 4.78 is 26.1. The second-order valence-electron chi connectivity index (χ2n) is 6.74. The molecule has 27 heavy (non-hydrogen) atoms. The summed E-state index contributed by atoms with van der Waals surface area (Å²) in [5.74, 6) is -0.0786. The highest BCUT2D eigenvalue weighted by atomic mass is 19.1. The van der Waals surface area contributed by atoms with Crippen molar-refractivity contribution in [3.05, 3.63) is 59.2 Å². The van der Waals surface area contributed by atoms with Gasteiger partial charge in [0.05, 0.1) is 13.2 Å². The van der Waals surface area contributed by atoms with Crippen molar-refractivity contribution in [2.75, 3.05) is 7.11 Å². The van der Waals surface area contributed by atoms with Crippen LogP contribution in [0.5, 0.6) is 5.88 Å².